The predicted octanol–water partition coefficient (Wildman–Crippen LogP) is 5.13. The molecule has 0 saturated carbocycles. The van der Waals surface area contributed by atoms with Gasteiger partial charge in [-0.3, -0.25) is 4.55 Å². The summed E-state index contributed by atoms with van der Waals surface area (Å²) in [7, 11) is -4.02. The van der Waals surface area contributed by atoms with Crippen LogP contribution in [0.2, 0.25) is 0 Å². The van der Waals surface area contributed by atoms with Gasteiger partial charge in [-0.05, 0) is 84.8 Å². The molecular formula is C28H30N4O3S2. The van der Waals surface area contributed by atoms with Gasteiger partial charge in [-0.2, -0.15) is 8.42 Å². The molecule has 4 aliphatic heterocycles. The highest BCUT2D eigenvalue weighted by molar-refractivity contribution is 7.85. The van der Waals surface area contributed by atoms with Crippen molar-refractivity contribution in [2.45, 2.75) is 30.7 Å². The summed E-state index contributed by atoms with van der Waals surface area (Å²) >= 11 is 1.78. The van der Waals surface area contributed by atoms with E-state index in [1.165, 1.54) is 54.7 Å². The van der Waals surface area contributed by atoms with Crippen LogP contribution in [0.5, 0.6) is 0 Å². The van der Waals surface area contributed by atoms with Gasteiger partial charge >= 0.3 is 0 Å². The van der Waals surface area contributed by atoms with Crippen molar-refractivity contribution in [1.29, 1.82) is 0 Å². The standard InChI is InChI=1S/C21H22N4S.C7H8O3S/c1-3-20-17(5-6-26-20)9-16(1)19-2-4-21(23-22-19)25-12-15-7-14-8-18(25)13-24(10-14)11-15;1-6-2-4-7(5-3-6)11(8,9)10/h1-6,9,14-15,18H,7-8,10-13H2;2-5H,1H3,(H,8,9,10). The van der Waals surface area contributed by atoms with Crippen LogP contribution in [-0.4, -0.2) is 60.3 Å². The van der Waals surface area contributed by atoms with E-state index in [1.807, 2.05) is 6.92 Å². The van der Waals surface area contributed by atoms with Gasteiger partial charge in [-0.1, -0.05) is 23.8 Å². The molecular weight excluding hydrogens is 504 g/mol. The summed E-state index contributed by atoms with van der Waals surface area (Å²) in [6, 6.07) is 19.7. The highest BCUT2D eigenvalue weighted by atomic mass is 32.2. The minimum atomic E-state index is -4.02. The molecule has 9 heteroatoms. The number of hydrogen-bond donors (Lipinski definition) is 1. The normalized spacial score (nSPS) is 24.5. The summed E-state index contributed by atoms with van der Waals surface area (Å²) in [5, 5.41) is 12.7. The van der Waals surface area contributed by atoms with Gasteiger partial charge < -0.3 is 9.80 Å². The fourth-order valence-corrected chi connectivity index (χ4v) is 7.29. The van der Waals surface area contributed by atoms with E-state index >= 15 is 0 Å². The average Bonchev–Trinajstić information content (AvgIpc) is 3.26. The summed E-state index contributed by atoms with van der Waals surface area (Å²) in [5.41, 5.74) is 3.07. The number of fused-ring (bicyclic) bond motifs is 2. The SMILES string of the molecule is Cc1ccc(S(=O)(=O)O)cc1.c1cc2cc(-c3ccc(N4CC5CC6CC4CN(C6)C5)nn3)ccc2s1. The molecule has 192 valence electrons. The Labute approximate surface area is 221 Å². The Hall–Kier alpha value is -2.85. The van der Waals surface area contributed by atoms with Crippen LogP contribution in [0, 0.1) is 18.8 Å². The van der Waals surface area contributed by atoms with E-state index in [4.69, 9.17) is 4.55 Å². The van der Waals surface area contributed by atoms with E-state index in [1.54, 1.807) is 23.5 Å². The van der Waals surface area contributed by atoms with E-state index in [9.17, 15) is 8.42 Å². The van der Waals surface area contributed by atoms with Gasteiger partial charge in [0.2, 0.25) is 0 Å². The van der Waals surface area contributed by atoms with Crippen molar-refractivity contribution in [3.63, 3.8) is 0 Å². The molecule has 4 saturated heterocycles. The maximum atomic E-state index is 10.5. The van der Waals surface area contributed by atoms with Crippen LogP contribution in [0.1, 0.15) is 18.4 Å². The first-order chi connectivity index (χ1) is 17.8. The summed E-state index contributed by atoms with van der Waals surface area (Å²) in [6.45, 7) is 6.78. The first kappa shape index (κ1) is 24.5. The molecule has 2 aromatic carbocycles. The van der Waals surface area contributed by atoms with Gasteiger partial charge in [0.05, 0.1) is 10.6 Å². The maximum Gasteiger partial charge on any atom is 0.294 e. The van der Waals surface area contributed by atoms with E-state index in [0.717, 1.165) is 41.0 Å². The lowest BCUT2D eigenvalue weighted by molar-refractivity contribution is 0.0980. The molecule has 4 aliphatic rings. The molecule has 0 aliphatic carbocycles. The fraction of sp³-hybridized carbons (Fsp3) is 0.357. The number of hydrogen-bond acceptors (Lipinski definition) is 7. The van der Waals surface area contributed by atoms with Crippen LogP contribution in [0.4, 0.5) is 5.82 Å². The molecule has 4 bridgehead atoms. The third-order valence-corrected chi connectivity index (χ3v) is 9.45. The Balaban J connectivity index is 0.000000194. The largest absolute Gasteiger partial charge is 0.351 e. The topological polar surface area (TPSA) is 86.6 Å². The number of rotatable bonds is 3. The van der Waals surface area contributed by atoms with Crippen LogP contribution in [0.15, 0.2) is 70.9 Å². The zero-order valence-electron chi connectivity index (χ0n) is 20.7. The second-order valence-electron chi connectivity index (χ2n) is 10.5. The summed E-state index contributed by atoms with van der Waals surface area (Å²) < 4.78 is 30.9. The van der Waals surface area contributed by atoms with E-state index in [-0.39, 0.29) is 4.90 Å². The Bertz CT molecular complexity index is 1490. The molecule has 1 N–H and O–H groups in total. The first-order valence-corrected chi connectivity index (χ1v) is 15.0. The fourth-order valence-electron chi connectivity index (χ4n) is 6.04. The van der Waals surface area contributed by atoms with Gasteiger partial charge in [-0.15, -0.1) is 21.5 Å². The summed E-state index contributed by atoms with van der Waals surface area (Å²) in [4.78, 5) is 5.15. The van der Waals surface area contributed by atoms with Gasteiger partial charge in [0.1, 0.15) is 0 Å². The summed E-state index contributed by atoms with van der Waals surface area (Å²) in [5.74, 6) is 2.75. The van der Waals surface area contributed by atoms with Crippen molar-refractivity contribution in [3.8, 4) is 11.3 Å². The van der Waals surface area contributed by atoms with Crippen molar-refractivity contribution in [3.05, 3.63) is 71.6 Å². The van der Waals surface area contributed by atoms with Crippen LogP contribution < -0.4 is 4.90 Å². The van der Waals surface area contributed by atoms with Crippen LogP contribution in [0.25, 0.3) is 21.3 Å². The molecule has 4 atom stereocenters. The van der Waals surface area contributed by atoms with Crippen LogP contribution >= 0.6 is 11.3 Å². The van der Waals surface area contributed by atoms with Crippen LogP contribution in [-0.2, 0) is 10.1 Å². The number of thiophene rings is 1. The number of piperidine rings is 2. The monoisotopic (exact) mass is 534 g/mol. The molecule has 7 nitrogen and oxygen atoms in total. The Morgan fingerprint density at radius 1 is 0.892 bits per heavy atom. The molecule has 4 aromatic rings. The molecule has 6 heterocycles. The van der Waals surface area contributed by atoms with Gasteiger partial charge in [0.25, 0.3) is 10.1 Å². The Kier molecular flexibility index (Phi) is 6.48. The first-order valence-electron chi connectivity index (χ1n) is 12.7. The molecule has 4 unspecified atom stereocenters. The average molecular weight is 535 g/mol. The molecule has 4 fully saturated rings. The second kappa shape index (κ2) is 9.79. The highest BCUT2D eigenvalue weighted by Gasteiger charge is 2.42. The molecule has 0 radical (unpaired) electrons. The van der Waals surface area contributed by atoms with E-state index in [0.29, 0.717) is 6.04 Å². The lowest BCUT2D eigenvalue weighted by Gasteiger charge is -2.41. The number of aryl methyl sites for hydroxylation is 1. The zero-order chi connectivity index (χ0) is 25.6. The lowest BCUT2D eigenvalue weighted by Crippen LogP contribution is -2.49. The van der Waals surface area contributed by atoms with Crippen molar-refractivity contribution in [1.82, 2.24) is 15.1 Å². The number of nitrogens with zero attached hydrogens (tertiary/aromatic N) is 4. The minimum Gasteiger partial charge on any atom is -0.351 e. The van der Waals surface area contributed by atoms with Crippen molar-refractivity contribution >= 4 is 37.4 Å². The predicted molar refractivity (Wildman–Crippen MR) is 148 cm³/mol. The van der Waals surface area contributed by atoms with Gasteiger partial charge in [0, 0.05) is 42.5 Å². The lowest BCUT2D eigenvalue weighted by atomic mass is 9.84. The van der Waals surface area contributed by atoms with Crippen molar-refractivity contribution < 1.29 is 13.0 Å². The van der Waals surface area contributed by atoms with Gasteiger partial charge in [0.15, 0.2) is 5.82 Å². The second-order valence-corrected chi connectivity index (χ2v) is 12.8. The number of benzene rings is 2. The summed E-state index contributed by atoms with van der Waals surface area (Å²) in [6.07, 6.45) is 2.72. The van der Waals surface area contributed by atoms with Crippen molar-refractivity contribution in [2.24, 2.45) is 11.8 Å². The van der Waals surface area contributed by atoms with E-state index < -0.39 is 10.1 Å². The molecule has 2 aromatic heterocycles. The molecule has 8 rings (SSSR count). The molecule has 37 heavy (non-hydrogen) atoms. The maximum absolute atomic E-state index is 10.5. The molecule has 0 amide bonds. The quantitative estimate of drug-likeness (QED) is 0.365. The third-order valence-electron chi connectivity index (χ3n) is 7.68. The highest BCUT2D eigenvalue weighted by Crippen LogP contribution is 2.38. The Morgan fingerprint density at radius 2 is 1.70 bits per heavy atom. The smallest absolute Gasteiger partial charge is 0.294 e. The third kappa shape index (κ3) is 5.27. The van der Waals surface area contributed by atoms with Crippen LogP contribution in [0.3, 0.4) is 0 Å². The number of aromatic nitrogens is 2. The van der Waals surface area contributed by atoms with E-state index in [2.05, 4.69) is 61.8 Å². The molecule has 0 spiro atoms. The van der Waals surface area contributed by atoms with Gasteiger partial charge in [-0.25, -0.2) is 0 Å². The zero-order valence-corrected chi connectivity index (χ0v) is 22.3. The van der Waals surface area contributed by atoms with Crippen molar-refractivity contribution in [2.75, 3.05) is 31.1 Å². The minimum absolute atomic E-state index is 0.0666. The Morgan fingerprint density at radius 3 is 2.43 bits per heavy atom. The number of anilines is 1.